The average molecular weight is 481 g/mol. The van der Waals surface area contributed by atoms with Gasteiger partial charge in [-0.05, 0) is 30.3 Å². The van der Waals surface area contributed by atoms with E-state index in [1.54, 1.807) is 0 Å². The summed E-state index contributed by atoms with van der Waals surface area (Å²) in [5.41, 5.74) is -1.57. The Kier molecular flexibility index (Phi) is 6.78. The molecular formula is C20H12ClF3N4O5. The third kappa shape index (κ3) is 5.95. The molecule has 0 bridgehead atoms. The van der Waals surface area contributed by atoms with Crippen LogP contribution in [-0.4, -0.2) is 21.8 Å². The van der Waals surface area contributed by atoms with E-state index >= 15 is 0 Å². The highest BCUT2D eigenvalue weighted by molar-refractivity contribution is 6.32. The van der Waals surface area contributed by atoms with Crippen molar-refractivity contribution in [2.24, 2.45) is 0 Å². The van der Waals surface area contributed by atoms with E-state index in [0.717, 1.165) is 18.2 Å². The number of pyridine rings is 1. The van der Waals surface area contributed by atoms with Crippen LogP contribution in [-0.2, 0) is 6.18 Å². The number of nitrogens with one attached hydrogen (secondary N) is 2. The van der Waals surface area contributed by atoms with Crippen LogP contribution in [0.5, 0.6) is 11.6 Å². The molecular weight excluding hydrogens is 469 g/mol. The topological polar surface area (TPSA) is 123 Å². The quantitative estimate of drug-likeness (QED) is 0.371. The van der Waals surface area contributed by atoms with Crippen molar-refractivity contribution in [3.63, 3.8) is 0 Å². The highest BCUT2D eigenvalue weighted by Crippen LogP contribution is 2.33. The maximum absolute atomic E-state index is 12.6. The van der Waals surface area contributed by atoms with Crippen molar-refractivity contribution in [2.75, 3.05) is 5.32 Å². The van der Waals surface area contributed by atoms with E-state index in [2.05, 4.69) is 10.3 Å². The molecule has 0 saturated carbocycles. The first-order valence-electron chi connectivity index (χ1n) is 8.91. The van der Waals surface area contributed by atoms with Crippen LogP contribution in [0.3, 0.4) is 0 Å². The van der Waals surface area contributed by atoms with Gasteiger partial charge in [-0.25, -0.2) is 9.78 Å². The van der Waals surface area contributed by atoms with Crippen LogP contribution in [0.2, 0.25) is 5.02 Å². The number of para-hydroxylation sites is 1. The van der Waals surface area contributed by atoms with E-state index in [1.165, 1.54) is 36.4 Å². The summed E-state index contributed by atoms with van der Waals surface area (Å²) in [7, 11) is 0. The molecule has 0 spiro atoms. The van der Waals surface area contributed by atoms with Gasteiger partial charge in [0.25, 0.3) is 11.6 Å². The number of urea groups is 1. The predicted octanol–water partition coefficient (Wildman–Crippen LogP) is 5.42. The van der Waals surface area contributed by atoms with Crippen molar-refractivity contribution in [2.45, 2.75) is 6.18 Å². The number of nitro groups is 1. The minimum atomic E-state index is -4.54. The molecule has 0 unspecified atom stereocenters. The molecule has 0 atom stereocenters. The standard InChI is InChI=1S/C20H12ClF3N4O5/c21-14-9-12(6-7-16(14)33-17-8-5-11(10-25-17)20(22,23)24)26-19(30)27-18(29)13-3-1-2-4-15(13)28(31)32/h1-10H,(H2,26,27,29,30). The largest absolute Gasteiger partial charge is 0.437 e. The average Bonchev–Trinajstić information content (AvgIpc) is 2.75. The predicted molar refractivity (Wildman–Crippen MR) is 110 cm³/mol. The molecule has 3 aromatic rings. The number of nitrogens with zero attached hydrogens (tertiary/aromatic N) is 2. The number of benzene rings is 2. The number of hydrogen-bond acceptors (Lipinski definition) is 6. The van der Waals surface area contributed by atoms with Crippen LogP contribution in [0.1, 0.15) is 15.9 Å². The minimum Gasteiger partial charge on any atom is -0.437 e. The van der Waals surface area contributed by atoms with Crippen molar-refractivity contribution >= 4 is 34.9 Å². The number of hydrogen-bond donors (Lipinski definition) is 2. The second kappa shape index (κ2) is 9.53. The number of aromatic nitrogens is 1. The first kappa shape index (κ1) is 23.5. The normalized spacial score (nSPS) is 10.9. The van der Waals surface area contributed by atoms with Crippen molar-refractivity contribution in [3.8, 4) is 11.6 Å². The summed E-state index contributed by atoms with van der Waals surface area (Å²) in [5.74, 6) is -1.08. The molecule has 0 aliphatic carbocycles. The Morgan fingerprint density at radius 2 is 1.82 bits per heavy atom. The Labute approximate surface area is 188 Å². The van der Waals surface area contributed by atoms with Crippen LogP contribution in [0, 0.1) is 10.1 Å². The lowest BCUT2D eigenvalue weighted by Crippen LogP contribution is -2.34. The number of imide groups is 1. The van der Waals surface area contributed by atoms with Gasteiger partial charge in [-0.2, -0.15) is 13.2 Å². The van der Waals surface area contributed by atoms with Crippen LogP contribution in [0.15, 0.2) is 60.8 Å². The summed E-state index contributed by atoms with van der Waals surface area (Å²) in [6.45, 7) is 0. The summed E-state index contributed by atoms with van der Waals surface area (Å²) in [4.78, 5) is 38.1. The zero-order valence-electron chi connectivity index (χ0n) is 16.2. The van der Waals surface area contributed by atoms with Gasteiger partial charge in [-0.1, -0.05) is 23.7 Å². The van der Waals surface area contributed by atoms with E-state index in [0.29, 0.717) is 6.20 Å². The number of halogens is 4. The number of rotatable bonds is 5. The third-order valence-electron chi connectivity index (χ3n) is 4.04. The van der Waals surface area contributed by atoms with Crippen LogP contribution >= 0.6 is 11.6 Å². The zero-order valence-corrected chi connectivity index (χ0v) is 17.0. The molecule has 0 saturated heterocycles. The fourth-order valence-corrected chi connectivity index (χ4v) is 2.76. The molecule has 0 fully saturated rings. The monoisotopic (exact) mass is 480 g/mol. The Morgan fingerprint density at radius 1 is 1.09 bits per heavy atom. The van der Waals surface area contributed by atoms with E-state index in [-0.39, 0.29) is 27.9 Å². The van der Waals surface area contributed by atoms with Gasteiger partial charge in [-0.3, -0.25) is 20.2 Å². The van der Waals surface area contributed by atoms with E-state index < -0.39 is 34.3 Å². The number of anilines is 1. The summed E-state index contributed by atoms with van der Waals surface area (Å²) in [6, 6.07) is 9.86. The Bertz CT molecular complexity index is 1220. The molecule has 0 aliphatic heterocycles. The van der Waals surface area contributed by atoms with Crippen molar-refractivity contribution in [1.29, 1.82) is 0 Å². The number of carbonyl (C=O) groups is 2. The molecule has 3 amide bonds. The number of carbonyl (C=O) groups excluding carboxylic acids is 2. The maximum Gasteiger partial charge on any atom is 0.417 e. The minimum absolute atomic E-state index is 0.0143. The summed E-state index contributed by atoms with van der Waals surface area (Å²) in [5, 5.41) is 15.3. The molecule has 0 radical (unpaired) electrons. The highest BCUT2D eigenvalue weighted by atomic mass is 35.5. The third-order valence-corrected chi connectivity index (χ3v) is 4.34. The Balaban J connectivity index is 1.65. The second-order valence-electron chi connectivity index (χ2n) is 6.31. The number of amides is 3. The van der Waals surface area contributed by atoms with Crippen molar-refractivity contribution in [1.82, 2.24) is 10.3 Å². The van der Waals surface area contributed by atoms with E-state index in [1.807, 2.05) is 5.32 Å². The summed E-state index contributed by atoms with van der Waals surface area (Å²) >= 11 is 6.08. The van der Waals surface area contributed by atoms with Gasteiger partial charge in [0.05, 0.1) is 15.5 Å². The first-order valence-corrected chi connectivity index (χ1v) is 9.29. The summed E-state index contributed by atoms with van der Waals surface area (Å²) in [6.07, 6.45) is -3.93. The molecule has 9 nitrogen and oxygen atoms in total. The Hall–Kier alpha value is -4.19. The molecule has 170 valence electrons. The van der Waals surface area contributed by atoms with Crippen LogP contribution in [0.25, 0.3) is 0 Å². The lowest BCUT2D eigenvalue weighted by molar-refractivity contribution is -0.385. The molecule has 33 heavy (non-hydrogen) atoms. The Morgan fingerprint density at radius 3 is 2.42 bits per heavy atom. The molecule has 1 heterocycles. The molecule has 2 aromatic carbocycles. The fourth-order valence-electron chi connectivity index (χ4n) is 2.54. The SMILES string of the molecule is O=C(NC(=O)c1ccccc1[N+](=O)[O-])Nc1ccc(Oc2ccc(C(F)(F)F)cn2)c(Cl)c1. The van der Waals surface area contributed by atoms with Gasteiger partial charge in [0.2, 0.25) is 5.88 Å². The zero-order chi connectivity index (χ0) is 24.2. The van der Waals surface area contributed by atoms with Crippen LogP contribution in [0.4, 0.5) is 29.3 Å². The summed E-state index contributed by atoms with van der Waals surface area (Å²) < 4.78 is 43.1. The van der Waals surface area contributed by atoms with Gasteiger partial charge >= 0.3 is 12.2 Å². The number of alkyl halides is 3. The van der Waals surface area contributed by atoms with Crippen molar-refractivity contribution in [3.05, 3.63) is 87.1 Å². The molecule has 2 N–H and O–H groups in total. The van der Waals surface area contributed by atoms with E-state index in [9.17, 15) is 32.9 Å². The first-order chi connectivity index (χ1) is 15.5. The molecule has 3 rings (SSSR count). The van der Waals surface area contributed by atoms with Gasteiger partial charge in [-0.15, -0.1) is 0 Å². The van der Waals surface area contributed by atoms with Crippen LogP contribution < -0.4 is 15.4 Å². The van der Waals surface area contributed by atoms with Crippen molar-refractivity contribution < 1.29 is 32.4 Å². The molecule has 0 aliphatic rings. The van der Waals surface area contributed by atoms with Gasteiger partial charge in [0, 0.05) is 24.0 Å². The lowest BCUT2D eigenvalue weighted by Gasteiger charge is -2.11. The molecule has 1 aromatic heterocycles. The van der Waals surface area contributed by atoms with Gasteiger partial charge in [0.1, 0.15) is 11.3 Å². The fraction of sp³-hybridized carbons (Fsp3) is 0.0500. The lowest BCUT2D eigenvalue weighted by atomic mass is 10.1. The van der Waals surface area contributed by atoms with Gasteiger partial charge < -0.3 is 10.1 Å². The smallest absolute Gasteiger partial charge is 0.417 e. The molecule has 13 heteroatoms. The highest BCUT2D eigenvalue weighted by Gasteiger charge is 2.30. The number of ether oxygens (including phenoxy) is 1. The maximum atomic E-state index is 12.6. The van der Waals surface area contributed by atoms with E-state index in [4.69, 9.17) is 16.3 Å². The number of nitro benzene ring substituents is 1. The van der Waals surface area contributed by atoms with Gasteiger partial charge in [0.15, 0.2) is 0 Å². The second-order valence-corrected chi connectivity index (χ2v) is 6.72.